The Morgan fingerprint density at radius 3 is 0.864 bits per heavy atom. The summed E-state index contributed by atoms with van der Waals surface area (Å²) >= 11 is 0. The van der Waals surface area contributed by atoms with Crippen LogP contribution in [0, 0.1) is 55.4 Å². The van der Waals surface area contributed by atoms with Gasteiger partial charge < -0.3 is 9.80 Å². The van der Waals surface area contributed by atoms with Crippen LogP contribution in [-0.4, -0.2) is 0 Å². The lowest BCUT2D eigenvalue weighted by atomic mass is 9.78. The maximum absolute atomic E-state index is 2.45. The molecule has 0 spiro atoms. The average molecular weight is 857 g/mol. The van der Waals surface area contributed by atoms with Crippen LogP contribution in [-0.2, 0) is 10.8 Å². The van der Waals surface area contributed by atoms with Gasteiger partial charge in [0.1, 0.15) is 0 Å². The number of nitrogens with zero attached hydrogens (tertiary/aromatic N) is 2. The molecule has 0 aliphatic heterocycles. The van der Waals surface area contributed by atoms with E-state index in [1.165, 1.54) is 145 Å². The molecule has 2 heteroatoms. The van der Waals surface area contributed by atoms with Gasteiger partial charge in [-0.15, -0.1) is 0 Å². The molecule has 0 atom stereocenters. The van der Waals surface area contributed by atoms with E-state index in [1.54, 1.807) is 0 Å². The molecule has 0 bridgehead atoms. The molecule has 0 saturated heterocycles. The van der Waals surface area contributed by atoms with Crippen LogP contribution >= 0.6 is 0 Å². The van der Waals surface area contributed by atoms with E-state index >= 15 is 0 Å². The normalized spacial score (nSPS) is 14.0. The molecule has 66 heavy (non-hydrogen) atoms. The third-order valence-corrected chi connectivity index (χ3v) is 14.7. The molecule has 0 heterocycles. The third kappa shape index (κ3) is 6.51. The van der Waals surface area contributed by atoms with Crippen molar-refractivity contribution in [2.75, 3.05) is 9.80 Å². The predicted octanol–water partition coefficient (Wildman–Crippen LogP) is 18.0. The van der Waals surface area contributed by atoms with Crippen LogP contribution in [0.4, 0.5) is 34.1 Å². The van der Waals surface area contributed by atoms with E-state index in [0.717, 1.165) is 0 Å². The number of benzene rings is 9. The Kier molecular flexibility index (Phi) is 9.37. The third-order valence-electron chi connectivity index (χ3n) is 14.7. The minimum Gasteiger partial charge on any atom is -0.310 e. The summed E-state index contributed by atoms with van der Waals surface area (Å²) < 4.78 is 0. The van der Waals surface area contributed by atoms with Gasteiger partial charge in [0.15, 0.2) is 0 Å². The van der Waals surface area contributed by atoms with Crippen molar-refractivity contribution < 1.29 is 0 Å². The van der Waals surface area contributed by atoms with Gasteiger partial charge in [-0.05, 0) is 239 Å². The zero-order chi connectivity index (χ0) is 46.1. The summed E-state index contributed by atoms with van der Waals surface area (Å²) in [7, 11) is 0. The quantitative estimate of drug-likeness (QED) is 0.164. The lowest BCUT2D eigenvalue weighted by Gasteiger charge is -2.28. The van der Waals surface area contributed by atoms with Crippen molar-refractivity contribution in [3.05, 3.63) is 212 Å². The minimum absolute atomic E-state index is 0.188. The van der Waals surface area contributed by atoms with Gasteiger partial charge in [0.2, 0.25) is 0 Å². The maximum Gasteiger partial charge on any atom is 0.0468 e. The lowest BCUT2D eigenvalue weighted by molar-refractivity contribution is 0.656. The molecule has 326 valence electrons. The summed E-state index contributed by atoms with van der Waals surface area (Å²) in [6.07, 6.45) is 0. The molecule has 0 fully saturated rings. The van der Waals surface area contributed by atoms with Gasteiger partial charge in [-0.2, -0.15) is 0 Å². The maximum atomic E-state index is 2.45. The van der Waals surface area contributed by atoms with Crippen LogP contribution in [0.15, 0.2) is 146 Å². The molecule has 9 aromatic rings. The van der Waals surface area contributed by atoms with Crippen molar-refractivity contribution in [1.29, 1.82) is 0 Å². The Bertz CT molecular complexity index is 3110. The van der Waals surface area contributed by atoms with Crippen LogP contribution in [0.5, 0.6) is 0 Å². The van der Waals surface area contributed by atoms with Gasteiger partial charge in [-0.1, -0.05) is 100 Å². The van der Waals surface area contributed by atoms with E-state index in [-0.39, 0.29) is 10.8 Å². The molecular formula is C64H60N2. The second-order valence-electron chi connectivity index (χ2n) is 21.0. The second-order valence-corrected chi connectivity index (χ2v) is 21.0. The molecule has 2 aliphatic rings. The zero-order valence-corrected chi connectivity index (χ0v) is 40.8. The van der Waals surface area contributed by atoms with E-state index in [9.17, 15) is 0 Å². The highest BCUT2D eigenvalue weighted by Gasteiger charge is 2.45. The van der Waals surface area contributed by atoms with Crippen LogP contribution in [0.25, 0.3) is 43.8 Å². The first-order chi connectivity index (χ1) is 31.5. The minimum atomic E-state index is -0.188. The summed E-state index contributed by atoms with van der Waals surface area (Å²) in [5.41, 5.74) is 28.0. The van der Waals surface area contributed by atoms with Crippen molar-refractivity contribution >= 4 is 55.7 Å². The Balaban J connectivity index is 1.06. The van der Waals surface area contributed by atoms with Gasteiger partial charge in [-0.3, -0.25) is 0 Å². The average Bonchev–Trinajstić information content (AvgIpc) is 3.62. The largest absolute Gasteiger partial charge is 0.310 e. The number of hydrogen-bond donors (Lipinski definition) is 0. The zero-order valence-electron chi connectivity index (χ0n) is 40.8. The van der Waals surface area contributed by atoms with Gasteiger partial charge in [0.25, 0.3) is 0 Å². The summed E-state index contributed by atoms with van der Waals surface area (Å²) in [6.45, 7) is 27.3. The summed E-state index contributed by atoms with van der Waals surface area (Å²) in [5.74, 6) is 0. The van der Waals surface area contributed by atoms with Crippen LogP contribution in [0.3, 0.4) is 0 Å². The second kappa shape index (κ2) is 14.8. The topological polar surface area (TPSA) is 6.48 Å². The number of aryl methyl sites for hydroxylation is 8. The number of fused-ring (bicyclic) bond motifs is 11. The Labute approximate surface area is 392 Å². The van der Waals surface area contributed by atoms with Crippen molar-refractivity contribution in [3.8, 4) is 22.3 Å². The fourth-order valence-electron chi connectivity index (χ4n) is 12.4. The standard InChI is InChI=1S/C64H60N2/c1-37-23-38(2)28-49(27-37)65(50-29-39(3)24-40(4)30-50)47-15-19-53-45(35-47)13-17-55-59-57(63(9,10)61(53)55)21-22-58-60(59)56-18-14-46-36-48(16-20-54(46)62(56)64(58,11)12)66(51-31-41(5)25-42(6)32-51)52-33-43(7)26-44(8)34-52/h13-36H,1-12H3. The first-order valence-corrected chi connectivity index (χ1v) is 23.7. The molecule has 9 aromatic carbocycles. The molecule has 11 rings (SSSR count). The monoisotopic (exact) mass is 856 g/mol. The molecule has 2 nitrogen and oxygen atoms in total. The first kappa shape index (κ1) is 41.8. The molecule has 0 amide bonds. The molecule has 0 radical (unpaired) electrons. The van der Waals surface area contributed by atoms with Crippen molar-refractivity contribution in [3.63, 3.8) is 0 Å². The molecule has 0 unspecified atom stereocenters. The number of hydrogen-bond acceptors (Lipinski definition) is 2. The van der Waals surface area contributed by atoms with Gasteiger partial charge in [0.05, 0.1) is 0 Å². The molecule has 0 aromatic heterocycles. The smallest absolute Gasteiger partial charge is 0.0468 e. The van der Waals surface area contributed by atoms with E-state index in [0.29, 0.717) is 0 Å². The molecule has 0 N–H and O–H groups in total. The highest BCUT2D eigenvalue weighted by atomic mass is 15.1. The van der Waals surface area contributed by atoms with Gasteiger partial charge in [0, 0.05) is 45.0 Å². The highest BCUT2D eigenvalue weighted by molar-refractivity contribution is 6.08. The molecule has 0 saturated carbocycles. The van der Waals surface area contributed by atoms with Gasteiger partial charge in [-0.25, -0.2) is 0 Å². The summed E-state index contributed by atoms with van der Waals surface area (Å²) in [4.78, 5) is 4.88. The fraction of sp³-hybridized carbons (Fsp3) is 0.219. The van der Waals surface area contributed by atoms with E-state index in [1.807, 2.05) is 0 Å². The highest BCUT2D eigenvalue weighted by Crippen LogP contribution is 2.61. The number of anilines is 6. The van der Waals surface area contributed by atoms with Crippen LogP contribution in [0.2, 0.25) is 0 Å². The fourth-order valence-corrected chi connectivity index (χ4v) is 12.4. The predicted molar refractivity (Wildman–Crippen MR) is 284 cm³/mol. The van der Waals surface area contributed by atoms with Gasteiger partial charge >= 0.3 is 0 Å². The molecular weight excluding hydrogens is 797 g/mol. The van der Waals surface area contributed by atoms with Crippen molar-refractivity contribution in [2.45, 2.75) is 93.9 Å². The van der Waals surface area contributed by atoms with Crippen molar-refractivity contribution in [1.82, 2.24) is 0 Å². The van der Waals surface area contributed by atoms with Crippen LogP contribution in [0.1, 0.15) is 94.5 Å². The molecule has 2 aliphatic carbocycles. The van der Waals surface area contributed by atoms with E-state index in [4.69, 9.17) is 0 Å². The van der Waals surface area contributed by atoms with E-state index < -0.39 is 0 Å². The Morgan fingerprint density at radius 2 is 0.576 bits per heavy atom. The summed E-state index contributed by atoms with van der Waals surface area (Å²) in [5, 5.41) is 5.18. The Morgan fingerprint density at radius 1 is 0.288 bits per heavy atom. The van der Waals surface area contributed by atoms with E-state index in [2.05, 4.69) is 238 Å². The van der Waals surface area contributed by atoms with Crippen LogP contribution < -0.4 is 9.80 Å². The summed E-state index contributed by atoms with van der Waals surface area (Å²) in [6, 6.07) is 56.4. The number of rotatable bonds is 6. The first-order valence-electron chi connectivity index (χ1n) is 23.7. The SMILES string of the molecule is Cc1cc(C)cc(N(c2cc(C)cc(C)c2)c2ccc3c4c(ccc3c2)-c2c(ccc3c2-c2ccc5cc(N(c6cc(C)cc(C)c6)c6cc(C)cc(C)c6)ccc5c2C3(C)C)C4(C)C)c1. The van der Waals surface area contributed by atoms with Crippen molar-refractivity contribution in [2.24, 2.45) is 0 Å². The Hall–Kier alpha value is -6.90. The lowest BCUT2D eigenvalue weighted by Crippen LogP contribution is -2.17.